The second-order valence-corrected chi connectivity index (χ2v) is 7.55. The second kappa shape index (κ2) is 8.11. The van der Waals surface area contributed by atoms with Crippen LogP contribution in [0.15, 0.2) is 17.1 Å². The highest BCUT2D eigenvalue weighted by Crippen LogP contribution is 2.46. The van der Waals surface area contributed by atoms with Gasteiger partial charge in [-0.15, -0.1) is 0 Å². The van der Waals surface area contributed by atoms with E-state index in [0.717, 1.165) is 12.8 Å². The van der Waals surface area contributed by atoms with E-state index in [1.165, 1.54) is 6.92 Å². The molecule has 0 saturated heterocycles. The van der Waals surface area contributed by atoms with E-state index < -0.39 is 18.9 Å². The van der Waals surface area contributed by atoms with E-state index in [2.05, 4.69) is 30.7 Å². The first-order valence-corrected chi connectivity index (χ1v) is 7.87. The molecule has 1 aliphatic carbocycles. The van der Waals surface area contributed by atoms with Crippen LogP contribution in [0.5, 0.6) is 0 Å². The van der Waals surface area contributed by atoms with Gasteiger partial charge < -0.3 is 14.8 Å². The van der Waals surface area contributed by atoms with Crippen LogP contribution in [0, 0.1) is 10.8 Å². The van der Waals surface area contributed by atoms with Crippen LogP contribution >= 0.6 is 0 Å². The molecule has 1 fully saturated rings. The van der Waals surface area contributed by atoms with Crippen LogP contribution in [0.25, 0.3) is 0 Å². The molecule has 1 N–H and O–H groups in total. The average Bonchev–Trinajstić information content (AvgIpc) is 2.43. The fourth-order valence-electron chi connectivity index (χ4n) is 3.48. The fourth-order valence-corrected chi connectivity index (χ4v) is 3.48. The number of carbonyl (C=O) groups excluding carboxylic acids is 3. The van der Waals surface area contributed by atoms with Crippen molar-refractivity contribution < 1.29 is 23.9 Å². The minimum atomic E-state index is -0.662. The maximum Gasteiger partial charge on any atom is 0.410 e. The minimum Gasteiger partial charge on any atom is -0.424 e. The number of nitrogens with one attached hydrogen (secondary N) is 1. The molecule has 0 radical (unpaired) electrons. The molecule has 0 aromatic carbocycles. The summed E-state index contributed by atoms with van der Waals surface area (Å²) in [6.07, 6.45) is 3.36. The highest BCUT2D eigenvalue weighted by molar-refractivity contribution is 5.86. The summed E-state index contributed by atoms with van der Waals surface area (Å²) in [6.45, 7) is 11.1. The quantitative estimate of drug-likeness (QED) is 0.264. The fraction of sp³-hybridized carbons (Fsp3) is 0.706. The van der Waals surface area contributed by atoms with Crippen molar-refractivity contribution in [3.05, 3.63) is 12.2 Å². The van der Waals surface area contributed by atoms with Gasteiger partial charge in [-0.3, -0.25) is 0 Å². The van der Waals surface area contributed by atoms with Crippen LogP contribution < -0.4 is 5.32 Å². The van der Waals surface area contributed by atoms with E-state index in [4.69, 9.17) is 9.47 Å². The largest absolute Gasteiger partial charge is 0.424 e. The standard InChI is InChI=1S/C17H26N2O5/c1-12(2)14(21)23-11-24-15(22)18-9-17(5)7-13(19-10-20)6-16(3,4)8-17/h13H,1,6-9,11H2,2-5H3,(H,18,22). The molecular weight excluding hydrogens is 312 g/mol. The number of esters is 1. The van der Waals surface area contributed by atoms with Crippen LogP contribution in [0.4, 0.5) is 4.79 Å². The molecule has 7 nitrogen and oxygen atoms in total. The number of aliphatic imine (C=N–C) groups is 1. The van der Waals surface area contributed by atoms with Gasteiger partial charge in [0.2, 0.25) is 12.9 Å². The molecule has 1 saturated carbocycles. The van der Waals surface area contributed by atoms with Gasteiger partial charge in [0.05, 0.1) is 6.04 Å². The van der Waals surface area contributed by atoms with Gasteiger partial charge in [0.25, 0.3) is 0 Å². The Morgan fingerprint density at radius 3 is 2.54 bits per heavy atom. The number of carbonyl (C=O) groups is 2. The Balaban J connectivity index is 2.49. The molecule has 7 heteroatoms. The van der Waals surface area contributed by atoms with E-state index in [1.807, 2.05) is 6.92 Å². The third-order valence-corrected chi connectivity index (χ3v) is 4.05. The lowest BCUT2D eigenvalue weighted by Crippen LogP contribution is -2.45. The van der Waals surface area contributed by atoms with Crippen LogP contribution in [0.1, 0.15) is 47.0 Å². The Labute approximate surface area is 142 Å². The van der Waals surface area contributed by atoms with Crippen molar-refractivity contribution in [1.82, 2.24) is 5.32 Å². The summed E-state index contributed by atoms with van der Waals surface area (Å²) in [5.41, 5.74) is 0.0403. The molecule has 1 aliphatic rings. The Kier molecular flexibility index (Phi) is 6.72. The number of nitrogens with zero attached hydrogens (tertiary/aromatic N) is 1. The highest BCUT2D eigenvalue weighted by atomic mass is 16.7. The lowest BCUT2D eigenvalue weighted by atomic mass is 9.63. The van der Waals surface area contributed by atoms with E-state index in [0.29, 0.717) is 13.0 Å². The van der Waals surface area contributed by atoms with Crippen molar-refractivity contribution in [3.8, 4) is 0 Å². The first-order valence-electron chi connectivity index (χ1n) is 7.87. The number of ether oxygens (including phenoxy) is 2. The Morgan fingerprint density at radius 2 is 1.96 bits per heavy atom. The lowest BCUT2D eigenvalue weighted by Gasteiger charge is -2.45. The average molecular weight is 338 g/mol. The van der Waals surface area contributed by atoms with Gasteiger partial charge >= 0.3 is 12.1 Å². The van der Waals surface area contributed by atoms with Crippen LogP contribution in [-0.2, 0) is 19.1 Å². The molecular formula is C17H26N2O5. The summed E-state index contributed by atoms with van der Waals surface area (Å²) in [4.78, 5) is 37.3. The zero-order valence-electron chi connectivity index (χ0n) is 14.8. The Morgan fingerprint density at radius 1 is 1.29 bits per heavy atom. The third-order valence-electron chi connectivity index (χ3n) is 4.05. The summed E-state index contributed by atoms with van der Waals surface area (Å²) < 4.78 is 9.50. The first kappa shape index (κ1) is 19.9. The van der Waals surface area contributed by atoms with Crippen LogP contribution in [0.2, 0.25) is 0 Å². The van der Waals surface area contributed by atoms with E-state index in [9.17, 15) is 14.4 Å². The molecule has 2 unspecified atom stereocenters. The molecule has 1 amide bonds. The molecule has 0 bridgehead atoms. The SMILES string of the molecule is C=C(C)C(=O)OCOC(=O)NCC1(C)CC(N=C=O)CC(C)(C)C1. The number of amides is 1. The second-order valence-electron chi connectivity index (χ2n) is 7.55. The predicted octanol–water partition coefficient (Wildman–Crippen LogP) is 2.71. The van der Waals surface area contributed by atoms with Crippen molar-refractivity contribution >= 4 is 18.1 Å². The van der Waals surface area contributed by atoms with Crippen molar-refractivity contribution in [3.63, 3.8) is 0 Å². The van der Waals surface area contributed by atoms with Gasteiger partial charge in [-0.25, -0.2) is 19.4 Å². The van der Waals surface area contributed by atoms with Crippen molar-refractivity contribution in [1.29, 1.82) is 0 Å². The maximum atomic E-state index is 11.7. The van der Waals surface area contributed by atoms with Gasteiger partial charge in [0, 0.05) is 12.1 Å². The Hall–Kier alpha value is -2.14. The van der Waals surface area contributed by atoms with E-state index in [-0.39, 0.29) is 22.4 Å². The van der Waals surface area contributed by atoms with Crippen LogP contribution in [-0.4, -0.2) is 37.5 Å². The Bertz CT molecular complexity index is 551. The summed E-state index contributed by atoms with van der Waals surface area (Å²) in [5, 5.41) is 2.68. The monoisotopic (exact) mass is 338 g/mol. The molecule has 0 aromatic rings. The van der Waals surface area contributed by atoms with E-state index in [1.54, 1.807) is 6.08 Å². The van der Waals surface area contributed by atoms with Gasteiger partial charge in [-0.05, 0) is 37.0 Å². The van der Waals surface area contributed by atoms with Gasteiger partial charge in [-0.1, -0.05) is 27.4 Å². The lowest BCUT2D eigenvalue weighted by molar-refractivity contribution is -0.147. The van der Waals surface area contributed by atoms with Gasteiger partial charge in [0.1, 0.15) is 0 Å². The summed E-state index contributed by atoms with van der Waals surface area (Å²) >= 11 is 0. The maximum absolute atomic E-state index is 11.7. The number of hydrogen-bond acceptors (Lipinski definition) is 6. The van der Waals surface area contributed by atoms with Crippen molar-refractivity contribution in [2.45, 2.75) is 53.0 Å². The van der Waals surface area contributed by atoms with Crippen molar-refractivity contribution in [2.75, 3.05) is 13.3 Å². The van der Waals surface area contributed by atoms with Crippen LogP contribution in [0.3, 0.4) is 0 Å². The molecule has 0 spiro atoms. The molecule has 24 heavy (non-hydrogen) atoms. The predicted molar refractivity (Wildman–Crippen MR) is 87.9 cm³/mol. The summed E-state index contributed by atoms with van der Waals surface area (Å²) in [7, 11) is 0. The van der Waals surface area contributed by atoms with Crippen molar-refractivity contribution in [2.24, 2.45) is 15.8 Å². The first-order chi connectivity index (χ1) is 11.1. The number of hydrogen-bond donors (Lipinski definition) is 1. The molecule has 134 valence electrons. The topological polar surface area (TPSA) is 94.1 Å². The smallest absolute Gasteiger partial charge is 0.410 e. The zero-order chi connectivity index (χ0) is 18.4. The van der Waals surface area contributed by atoms with Gasteiger partial charge in [-0.2, -0.15) is 0 Å². The van der Waals surface area contributed by atoms with E-state index >= 15 is 0 Å². The summed E-state index contributed by atoms with van der Waals surface area (Å²) in [5.74, 6) is -0.613. The highest BCUT2D eigenvalue weighted by Gasteiger charge is 2.41. The number of isocyanates is 1. The molecule has 0 heterocycles. The molecule has 0 aliphatic heterocycles. The minimum absolute atomic E-state index is 0.0145. The number of alkyl carbamates (subject to hydrolysis) is 1. The summed E-state index contributed by atoms with van der Waals surface area (Å²) in [6, 6.07) is -0.0920. The van der Waals surface area contributed by atoms with Gasteiger partial charge in [0.15, 0.2) is 0 Å². The molecule has 1 rings (SSSR count). The normalized spacial score (nSPS) is 25.1. The zero-order valence-corrected chi connectivity index (χ0v) is 14.8. The third kappa shape index (κ3) is 6.54. The molecule has 2 atom stereocenters. The number of rotatable bonds is 6. The molecule has 0 aromatic heterocycles.